The fraction of sp³-hybridized carbons (Fsp3) is 0. The van der Waals surface area contributed by atoms with Crippen LogP contribution in [0.4, 0.5) is 0 Å². The fourth-order valence-electron chi connectivity index (χ4n) is 7.79. The molecule has 5 heteroatoms. The van der Waals surface area contributed by atoms with Crippen LogP contribution in [0.2, 0.25) is 0 Å². The Morgan fingerprint density at radius 3 is 1.92 bits per heavy atom. The number of furan rings is 1. The molecule has 11 aromatic rings. The lowest BCUT2D eigenvalue weighted by Gasteiger charge is -2.12. The van der Waals surface area contributed by atoms with Gasteiger partial charge in [-0.1, -0.05) is 146 Å². The van der Waals surface area contributed by atoms with Gasteiger partial charge in [0.15, 0.2) is 11.6 Å². The van der Waals surface area contributed by atoms with Crippen molar-refractivity contribution >= 4 is 65.3 Å². The minimum Gasteiger partial charge on any atom is -0.456 e. The predicted octanol–water partition coefficient (Wildman–Crippen LogP) is 12.2. The zero-order valence-corrected chi connectivity index (χ0v) is 27.9. The van der Waals surface area contributed by atoms with E-state index in [1.165, 1.54) is 0 Å². The maximum absolute atomic E-state index is 6.48. The summed E-state index contributed by atoms with van der Waals surface area (Å²) in [6.07, 6.45) is 0. The molecule has 0 aliphatic heterocycles. The van der Waals surface area contributed by atoms with Crippen LogP contribution in [0.25, 0.3) is 105 Å². The van der Waals surface area contributed by atoms with E-state index in [0.29, 0.717) is 17.6 Å². The van der Waals surface area contributed by atoms with Crippen molar-refractivity contribution in [1.82, 2.24) is 19.5 Å². The molecular weight excluding hydrogens is 637 g/mol. The van der Waals surface area contributed by atoms with Gasteiger partial charge in [-0.2, -0.15) is 9.97 Å². The maximum Gasteiger partial charge on any atom is 0.238 e. The molecule has 242 valence electrons. The fourth-order valence-corrected chi connectivity index (χ4v) is 7.79. The van der Waals surface area contributed by atoms with Gasteiger partial charge in [-0.3, -0.25) is 4.57 Å². The number of rotatable bonds is 4. The van der Waals surface area contributed by atoms with Crippen molar-refractivity contribution in [3.63, 3.8) is 0 Å². The molecular formula is C47H28N4O. The molecule has 0 atom stereocenters. The summed E-state index contributed by atoms with van der Waals surface area (Å²) < 4.78 is 8.69. The summed E-state index contributed by atoms with van der Waals surface area (Å²) in [5.74, 6) is 1.74. The Kier molecular flexibility index (Phi) is 6.18. The second-order valence-corrected chi connectivity index (χ2v) is 13.2. The molecule has 5 nitrogen and oxygen atoms in total. The molecule has 11 rings (SSSR count). The van der Waals surface area contributed by atoms with Crippen LogP contribution < -0.4 is 0 Å². The quantitative estimate of drug-likeness (QED) is 0.188. The monoisotopic (exact) mass is 664 g/mol. The van der Waals surface area contributed by atoms with Gasteiger partial charge in [-0.15, -0.1) is 0 Å². The Hall–Kier alpha value is -7.11. The van der Waals surface area contributed by atoms with Crippen molar-refractivity contribution in [3.8, 4) is 39.9 Å². The van der Waals surface area contributed by atoms with Crippen molar-refractivity contribution < 1.29 is 4.42 Å². The van der Waals surface area contributed by atoms with E-state index in [1.807, 2.05) is 18.2 Å². The Labute approximate surface area is 298 Å². The van der Waals surface area contributed by atoms with E-state index in [1.54, 1.807) is 0 Å². The van der Waals surface area contributed by atoms with E-state index >= 15 is 0 Å². The van der Waals surface area contributed by atoms with Crippen molar-refractivity contribution in [3.05, 3.63) is 170 Å². The Morgan fingerprint density at radius 1 is 0.404 bits per heavy atom. The summed E-state index contributed by atoms with van der Waals surface area (Å²) in [4.78, 5) is 15.8. The predicted molar refractivity (Wildman–Crippen MR) is 213 cm³/mol. The third kappa shape index (κ3) is 4.39. The van der Waals surface area contributed by atoms with Crippen LogP contribution in [-0.2, 0) is 0 Å². The van der Waals surface area contributed by atoms with Gasteiger partial charge in [-0.25, -0.2) is 4.98 Å². The minimum atomic E-state index is 0.560. The van der Waals surface area contributed by atoms with Crippen molar-refractivity contribution in [2.24, 2.45) is 0 Å². The highest BCUT2D eigenvalue weighted by molar-refractivity contribution is 6.19. The van der Waals surface area contributed by atoms with Gasteiger partial charge in [0.1, 0.15) is 11.2 Å². The van der Waals surface area contributed by atoms with E-state index in [-0.39, 0.29) is 0 Å². The van der Waals surface area contributed by atoms with Crippen LogP contribution in [0.3, 0.4) is 0 Å². The molecule has 3 aromatic heterocycles. The molecule has 0 saturated carbocycles. The number of hydrogen-bond donors (Lipinski definition) is 0. The molecule has 0 spiro atoms. The zero-order valence-electron chi connectivity index (χ0n) is 27.9. The first kappa shape index (κ1) is 28.7. The van der Waals surface area contributed by atoms with E-state index in [0.717, 1.165) is 87.5 Å². The highest BCUT2D eigenvalue weighted by atomic mass is 16.3. The number of nitrogens with zero attached hydrogens (tertiary/aromatic N) is 4. The second-order valence-electron chi connectivity index (χ2n) is 13.2. The van der Waals surface area contributed by atoms with Gasteiger partial charge in [0.05, 0.1) is 11.0 Å². The Balaban J connectivity index is 1.22. The third-order valence-electron chi connectivity index (χ3n) is 10.2. The summed E-state index contributed by atoms with van der Waals surface area (Å²) in [5.41, 5.74) is 7.83. The molecule has 3 heterocycles. The first-order valence-electron chi connectivity index (χ1n) is 17.4. The molecule has 0 amide bonds. The van der Waals surface area contributed by atoms with Gasteiger partial charge in [0.2, 0.25) is 5.95 Å². The van der Waals surface area contributed by atoms with Gasteiger partial charge in [-0.05, 0) is 51.6 Å². The largest absolute Gasteiger partial charge is 0.456 e. The first-order chi connectivity index (χ1) is 25.8. The summed E-state index contributed by atoms with van der Waals surface area (Å²) in [7, 11) is 0. The van der Waals surface area contributed by atoms with Crippen LogP contribution in [-0.4, -0.2) is 19.5 Å². The maximum atomic E-state index is 6.48. The first-order valence-corrected chi connectivity index (χ1v) is 17.4. The molecule has 0 saturated heterocycles. The summed E-state index contributed by atoms with van der Waals surface area (Å²) in [5, 5.41) is 8.90. The standard InChI is InChI=1S/C47H28N4O/c1-2-11-29(12-3-1)30-21-23-32(24-22-30)45-48-46(38-18-10-20-41-43(38)39-27-33-14-4-5-15-34(33)28-42(39)52-41)50-47(49-45)51-40-19-9-8-17-36(40)37-26-25-31-13-6-7-16-35(31)44(37)51/h1-28H. The lowest BCUT2D eigenvalue weighted by Crippen LogP contribution is -2.06. The van der Waals surface area contributed by atoms with Gasteiger partial charge in [0, 0.05) is 38.1 Å². The number of para-hydroxylation sites is 1. The molecule has 0 radical (unpaired) electrons. The van der Waals surface area contributed by atoms with Crippen molar-refractivity contribution in [1.29, 1.82) is 0 Å². The molecule has 0 unspecified atom stereocenters. The SMILES string of the molecule is c1ccc(-c2ccc(-c3nc(-c4cccc5oc6cc7ccccc7cc6c45)nc(-n4c5ccccc5c5ccc6ccccc6c54)n3)cc2)cc1. The summed E-state index contributed by atoms with van der Waals surface area (Å²) >= 11 is 0. The Morgan fingerprint density at radius 2 is 1.08 bits per heavy atom. The second kappa shape index (κ2) is 11.2. The lowest BCUT2D eigenvalue weighted by molar-refractivity contribution is 0.669. The molecule has 0 fully saturated rings. The minimum absolute atomic E-state index is 0.560. The van der Waals surface area contributed by atoms with E-state index in [4.69, 9.17) is 19.4 Å². The van der Waals surface area contributed by atoms with Crippen LogP contribution in [0.15, 0.2) is 174 Å². The average Bonchev–Trinajstić information content (AvgIpc) is 3.76. The zero-order chi connectivity index (χ0) is 34.2. The lowest BCUT2D eigenvalue weighted by atomic mass is 10.0. The average molecular weight is 665 g/mol. The number of aromatic nitrogens is 4. The van der Waals surface area contributed by atoms with Crippen LogP contribution >= 0.6 is 0 Å². The molecule has 8 aromatic carbocycles. The molecule has 0 aliphatic carbocycles. The molecule has 0 bridgehead atoms. The topological polar surface area (TPSA) is 56.7 Å². The highest BCUT2D eigenvalue weighted by Gasteiger charge is 2.21. The molecule has 0 N–H and O–H groups in total. The molecule has 52 heavy (non-hydrogen) atoms. The van der Waals surface area contributed by atoms with Gasteiger partial charge >= 0.3 is 0 Å². The Bertz CT molecular complexity index is 3180. The molecule has 0 aliphatic rings. The van der Waals surface area contributed by atoms with Gasteiger partial charge < -0.3 is 4.42 Å². The highest BCUT2D eigenvalue weighted by Crippen LogP contribution is 2.40. The number of fused-ring (bicyclic) bond motifs is 9. The van der Waals surface area contributed by atoms with Crippen molar-refractivity contribution in [2.75, 3.05) is 0 Å². The third-order valence-corrected chi connectivity index (χ3v) is 10.2. The number of hydrogen-bond acceptors (Lipinski definition) is 4. The van der Waals surface area contributed by atoms with E-state index in [9.17, 15) is 0 Å². The normalized spacial score (nSPS) is 11.8. The summed E-state index contributed by atoms with van der Waals surface area (Å²) in [6, 6.07) is 59.2. The van der Waals surface area contributed by atoms with Crippen LogP contribution in [0.1, 0.15) is 0 Å². The summed E-state index contributed by atoms with van der Waals surface area (Å²) in [6.45, 7) is 0. The van der Waals surface area contributed by atoms with Crippen LogP contribution in [0, 0.1) is 0 Å². The van der Waals surface area contributed by atoms with E-state index in [2.05, 4.69) is 156 Å². The number of benzene rings is 8. The van der Waals surface area contributed by atoms with E-state index < -0.39 is 0 Å². The van der Waals surface area contributed by atoms with Gasteiger partial charge in [0.25, 0.3) is 0 Å². The van der Waals surface area contributed by atoms with Crippen molar-refractivity contribution in [2.45, 2.75) is 0 Å². The smallest absolute Gasteiger partial charge is 0.238 e. The van der Waals surface area contributed by atoms with Crippen LogP contribution in [0.5, 0.6) is 0 Å².